The fourth-order valence-corrected chi connectivity index (χ4v) is 3.20. The molecule has 0 atom stereocenters. The first-order chi connectivity index (χ1) is 12.9. The third-order valence-electron chi connectivity index (χ3n) is 3.63. The van der Waals surface area contributed by atoms with Gasteiger partial charge in [-0.2, -0.15) is 8.78 Å². The summed E-state index contributed by atoms with van der Waals surface area (Å²) in [5.74, 6) is -3.57. The molecule has 0 saturated carbocycles. The van der Waals surface area contributed by atoms with Crippen molar-refractivity contribution >= 4 is 35.0 Å². The van der Waals surface area contributed by atoms with Crippen LogP contribution < -0.4 is 5.32 Å². The number of nitrogens with zero attached hydrogens (tertiary/aromatic N) is 1. The molecule has 0 spiro atoms. The Kier molecular flexibility index (Phi) is 5.76. The molecule has 0 aliphatic heterocycles. The summed E-state index contributed by atoms with van der Waals surface area (Å²) in [7, 11) is 0. The van der Waals surface area contributed by atoms with E-state index < -0.39 is 17.5 Å². The maximum absolute atomic E-state index is 14.2. The highest BCUT2D eigenvalue weighted by Crippen LogP contribution is 2.34. The van der Waals surface area contributed by atoms with E-state index in [2.05, 4.69) is 10.5 Å². The molecule has 0 saturated heterocycles. The summed E-state index contributed by atoms with van der Waals surface area (Å²) in [6.07, 6.45) is 0. The van der Waals surface area contributed by atoms with Gasteiger partial charge in [-0.3, -0.25) is 4.79 Å². The van der Waals surface area contributed by atoms with Gasteiger partial charge in [0.25, 0.3) is 11.7 Å². The molecule has 1 aromatic heterocycles. The molecule has 0 fully saturated rings. The zero-order valence-corrected chi connectivity index (χ0v) is 15.4. The Morgan fingerprint density at radius 2 is 1.93 bits per heavy atom. The van der Waals surface area contributed by atoms with E-state index in [1.165, 1.54) is 49.4 Å². The Morgan fingerprint density at radius 1 is 1.22 bits per heavy atom. The maximum atomic E-state index is 14.2. The number of nitrogens with one attached hydrogen (secondary N) is 1. The molecular weight excluding hydrogens is 401 g/mol. The van der Waals surface area contributed by atoms with Crippen LogP contribution in [0.5, 0.6) is 0 Å². The van der Waals surface area contributed by atoms with E-state index in [-0.39, 0.29) is 27.6 Å². The standard InChI is InChI=1S/C18H12ClF3N2O2S/c1-9-14(16(24-26-9)15-12(19)3-2-4-13(15)20)17(25)23-10-5-7-11(8-6-10)27-18(21)22/h2-8,18H,1H3,(H,23,25). The van der Waals surface area contributed by atoms with Crippen molar-refractivity contribution in [2.75, 3.05) is 5.32 Å². The lowest BCUT2D eigenvalue weighted by Gasteiger charge is -2.08. The third kappa shape index (κ3) is 4.28. The molecule has 3 rings (SSSR count). The van der Waals surface area contributed by atoms with Crippen molar-refractivity contribution in [1.82, 2.24) is 5.16 Å². The van der Waals surface area contributed by atoms with Crippen LogP contribution in [0.1, 0.15) is 16.1 Å². The number of halogens is 4. The lowest BCUT2D eigenvalue weighted by molar-refractivity contribution is 0.102. The fraction of sp³-hybridized carbons (Fsp3) is 0.111. The molecule has 27 heavy (non-hydrogen) atoms. The monoisotopic (exact) mass is 412 g/mol. The molecule has 0 aliphatic rings. The Balaban J connectivity index is 1.89. The summed E-state index contributed by atoms with van der Waals surface area (Å²) in [4.78, 5) is 13.0. The summed E-state index contributed by atoms with van der Waals surface area (Å²) < 4.78 is 44.0. The lowest BCUT2D eigenvalue weighted by Crippen LogP contribution is -2.13. The zero-order valence-electron chi connectivity index (χ0n) is 13.8. The number of benzene rings is 2. The van der Waals surface area contributed by atoms with Gasteiger partial charge in [-0.15, -0.1) is 0 Å². The summed E-state index contributed by atoms with van der Waals surface area (Å²) in [5, 5.41) is 6.47. The number of aromatic nitrogens is 1. The van der Waals surface area contributed by atoms with Gasteiger partial charge in [0.05, 0.1) is 10.6 Å². The van der Waals surface area contributed by atoms with Crippen LogP contribution >= 0.6 is 23.4 Å². The molecule has 1 heterocycles. The van der Waals surface area contributed by atoms with Gasteiger partial charge in [0, 0.05) is 10.6 Å². The lowest BCUT2D eigenvalue weighted by atomic mass is 10.0. The second kappa shape index (κ2) is 8.06. The number of hydrogen-bond donors (Lipinski definition) is 1. The number of amides is 1. The van der Waals surface area contributed by atoms with Crippen molar-refractivity contribution in [3.8, 4) is 11.3 Å². The van der Waals surface area contributed by atoms with Gasteiger partial charge in [-0.25, -0.2) is 4.39 Å². The topological polar surface area (TPSA) is 55.1 Å². The first-order valence-corrected chi connectivity index (χ1v) is 8.89. The molecule has 3 aromatic rings. The average molecular weight is 413 g/mol. The molecule has 0 unspecified atom stereocenters. The summed E-state index contributed by atoms with van der Waals surface area (Å²) in [5.41, 5.74) is 0.362. The highest BCUT2D eigenvalue weighted by molar-refractivity contribution is 7.99. The van der Waals surface area contributed by atoms with Crippen molar-refractivity contribution in [3.05, 3.63) is 64.6 Å². The summed E-state index contributed by atoms with van der Waals surface area (Å²) in [6, 6.07) is 10.0. The van der Waals surface area contributed by atoms with Crippen LogP contribution in [0.15, 0.2) is 51.9 Å². The van der Waals surface area contributed by atoms with Gasteiger partial charge in [-0.05, 0) is 43.3 Å². The number of aryl methyl sites for hydroxylation is 1. The van der Waals surface area contributed by atoms with Crippen molar-refractivity contribution in [2.45, 2.75) is 17.6 Å². The van der Waals surface area contributed by atoms with E-state index in [1.54, 1.807) is 0 Å². The SMILES string of the molecule is Cc1onc(-c2c(F)cccc2Cl)c1C(=O)Nc1ccc(SC(F)F)cc1. The van der Waals surface area contributed by atoms with Crippen molar-refractivity contribution in [1.29, 1.82) is 0 Å². The predicted octanol–water partition coefficient (Wildman–Crippen LogP) is 6.01. The molecule has 9 heteroatoms. The first-order valence-electron chi connectivity index (χ1n) is 7.63. The molecule has 0 bridgehead atoms. The van der Waals surface area contributed by atoms with E-state index in [0.717, 1.165) is 0 Å². The highest BCUT2D eigenvalue weighted by atomic mass is 35.5. The van der Waals surface area contributed by atoms with Crippen LogP contribution in [0.3, 0.4) is 0 Å². The molecule has 0 aliphatic carbocycles. The van der Waals surface area contributed by atoms with Crippen molar-refractivity contribution < 1.29 is 22.5 Å². The van der Waals surface area contributed by atoms with Crippen LogP contribution in [-0.4, -0.2) is 16.8 Å². The minimum absolute atomic E-state index is 0.0158. The second-order valence-electron chi connectivity index (χ2n) is 5.42. The average Bonchev–Trinajstić information content (AvgIpc) is 2.97. The normalized spacial score (nSPS) is 11.0. The minimum atomic E-state index is -2.53. The number of carbonyl (C=O) groups excluding carboxylic acids is 1. The number of carbonyl (C=O) groups is 1. The quantitative estimate of drug-likeness (QED) is 0.521. The highest BCUT2D eigenvalue weighted by Gasteiger charge is 2.25. The number of rotatable bonds is 5. The van der Waals surface area contributed by atoms with Crippen LogP contribution in [-0.2, 0) is 0 Å². The van der Waals surface area contributed by atoms with E-state index in [1.807, 2.05) is 0 Å². The van der Waals surface area contributed by atoms with E-state index >= 15 is 0 Å². The molecule has 1 N–H and O–H groups in total. The Morgan fingerprint density at radius 3 is 2.56 bits per heavy atom. The van der Waals surface area contributed by atoms with E-state index in [0.29, 0.717) is 22.3 Å². The Labute approximate surface area is 161 Å². The molecule has 140 valence electrons. The molecule has 2 aromatic carbocycles. The number of alkyl halides is 2. The van der Waals surface area contributed by atoms with Gasteiger partial charge < -0.3 is 9.84 Å². The number of thioether (sulfide) groups is 1. The van der Waals surface area contributed by atoms with E-state index in [4.69, 9.17) is 16.1 Å². The van der Waals surface area contributed by atoms with Gasteiger partial charge in [-0.1, -0.05) is 34.6 Å². The van der Waals surface area contributed by atoms with Gasteiger partial charge in [0.1, 0.15) is 22.8 Å². The van der Waals surface area contributed by atoms with Crippen molar-refractivity contribution in [3.63, 3.8) is 0 Å². The summed E-state index contributed by atoms with van der Waals surface area (Å²) >= 11 is 6.45. The first kappa shape index (κ1) is 19.3. The smallest absolute Gasteiger partial charge is 0.288 e. The zero-order chi connectivity index (χ0) is 19.6. The Hall–Kier alpha value is -2.45. The van der Waals surface area contributed by atoms with Gasteiger partial charge >= 0.3 is 0 Å². The van der Waals surface area contributed by atoms with Crippen LogP contribution in [0.4, 0.5) is 18.9 Å². The van der Waals surface area contributed by atoms with Crippen LogP contribution in [0.2, 0.25) is 5.02 Å². The molecular formula is C18H12ClF3N2O2S. The number of anilines is 1. The number of hydrogen-bond acceptors (Lipinski definition) is 4. The predicted molar refractivity (Wildman–Crippen MR) is 97.9 cm³/mol. The summed E-state index contributed by atoms with van der Waals surface area (Å²) in [6.45, 7) is 1.52. The molecule has 4 nitrogen and oxygen atoms in total. The molecule has 0 radical (unpaired) electrons. The maximum Gasteiger partial charge on any atom is 0.288 e. The third-order valence-corrected chi connectivity index (χ3v) is 4.66. The minimum Gasteiger partial charge on any atom is -0.360 e. The second-order valence-corrected chi connectivity index (χ2v) is 6.89. The van der Waals surface area contributed by atoms with Crippen LogP contribution in [0, 0.1) is 12.7 Å². The van der Waals surface area contributed by atoms with Gasteiger partial charge in [0.15, 0.2) is 0 Å². The Bertz CT molecular complexity index is 957. The molecule has 1 amide bonds. The fourth-order valence-electron chi connectivity index (χ4n) is 2.45. The van der Waals surface area contributed by atoms with E-state index in [9.17, 15) is 18.0 Å². The van der Waals surface area contributed by atoms with Crippen molar-refractivity contribution in [2.24, 2.45) is 0 Å². The largest absolute Gasteiger partial charge is 0.360 e. The van der Waals surface area contributed by atoms with Crippen LogP contribution in [0.25, 0.3) is 11.3 Å². The van der Waals surface area contributed by atoms with Gasteiger partial charge in [0.2, 0.25) is 0 Å².